The topological polar surface area (TPSA) is 62.4 Å². The van der Waals surface area contributed by atoms with E-state index in [0.29, 0.717) is 0 Å². The Hall–Kier alpha value is -1.81. The van der Waals surface area contributed by atoms with Gasteiger partial charge in [-0.05, 0) is 44.4 Å². The lowest BCUT2D eigenvalue weighted by Gasteiger charge is -2.22. The van der Waals surface area contributed by atoms with E-state index in [4.69, 9.17) is 10.8 Å². The number of unbranched alkanes of at least 4 members (excludes halogenated alkanes) is 2. The quantitative estimate of drug-likeness (QED) is 0.627. The summed E-state index contributed by atoms with van der Waals surface area (Å²) in [4.78, 5) is 6.58. The monoisotopic (exact) mass is 273 g/mol. The van der Waals surface area contributed by atoms with Crippen molar-refractivity contribution in [3.05, 3.63) is 30.1 Å². The number of rotatable bonds is 6. The van der Waals surface area contributed by atoms with Gasteiger partial charge >= 0.3 is 0 Å². The fourth-order valence-electron chi connectivity index (χ4n) is 2.44. The third kappa shape index (κ3) is 3.20. The van der Waals surface area contributed by atoms with Crippen molar-refractivity contribution in [1.82, 2.24) is 4.98 Å². The van der Waals surface area contributed by atoms with Crippen LogP contribution in [-0.4, -0.2) is 30.3 Å². The average molecular weight is 273 g/mol. The first kappa shape index (κ1) is 14.6. The van der Waals surface area contributed by atoms with Crippen molar-refractivity contribution < 1.29 is 5.11 Å². The van der Waals surface area contributed by atoms with Gasteiger partial charge in [-0.1, -0.05) is 0 Å². The molecule has 1 aromatic carbocycles. The molecule has 20 heavy (non-hydrogen) atoms. The van der Waals surface area contributed by atoms with Gasteiger partial charge in [-0.3, -0.25) is 4.98 Å². The van der Waals surface area contributed by atoms with Gasteiger partial charge in [0.15, 0.2) is 0 Å². The highest BCUT2D eigenvalue weighted by atomic mass is 16.2. The van der Waals surface area contributed by atoms with Crippen LogP contribution in [0.5, 0.6) is 0 Å². The van der Waals surface area contributed by atoms with Crippen LogP contribution in [0.4, 0.5) is 11.4 Å². The van der Waals surface area contributed by atoms with Crippen molar-refractivity contribution in [2.75, 3.05) is 30.8 Å². The summed E-state index contributed by atoms with van der Waals surface area (Å²) in [6.07, 6.45) is 4.85. The standard InChI is InChI=1S/C16H23N3O/c1-12-10-13-14(11-18-12)15(17)6-7-16(13)19(2)8-4-3-5-9-20/h6-7,10-11,20H,3-5,8-9,17H2,1-2H3. The van der Waals surface area contributed by atoms with Crippen molar-refractivity contribution >= 4 is 22.1 Å². The number of hydrogen-bond donors (Lipinski definition) is 2. The van der Waals surface area contributed by atoms with E-state index in [1.54, 1.807) is 0 Å². The minimum Gasteiger partial charge on any atom is -0.398 e. The predicted molar refractivity (Wildman–Crippen MR) is 85.1 cm³/mol. The predicted octanol–water partition coefficient (Wildman–Crippen LogP) is 2.72. The number of pyridine rings is 1. The highest BCUT2D eigenvalue weighted by molar-refractivity contribution is 6.01. The zero-order chi connectivity index (χ0) is 14.5. The molecule has 0 aliphatic heterocycles. The average Bonchev–Trinajstić information content (AvgIpc) is 2.43. The summed E-state index contributed by atoms with van der Waals surface area (Å²) in [5.41, 5.74) is 8.98. The number of fused-ring (bicyclic) bond motifs is 1. The van der Waals surface area contributed by atoms with Gasteiger partial charge in [0.25, 0.3) is 0 Å². The molecule has 0 bridgehead atoms. The van der Waals surface area contributed by atoms with E-state index in [0.717, 1.165) is 48.0 Å². The van der Waals surface area contributed by atoms with Crippen LogP contribution in [0.15, 0.2) is 24.4 Å². The van der Waals surface area contributed by atoms with E-state index in [-0.39, 0.29) is 6.61 Å². The van der Waals surface area contributed by atoms with Crippen molar-refractivity contribution in [3.63, 3.8) is 0 Å². The number of aryl methyl sites for hydroxylation is 1. The molecule has 108 valence electrons. The van der Waals surface area contributed by atoms with Crippen molar-refractivity contribution in [3.8, 4) is 0 Å². The van der Waals surface area contributed by atoms with Gasteiger partial charge in [0.1, 0.15) is 0 Å². The molecule has 0 spiro atoms. The molecule has 0 unspecified atom stereocenters. The number of hydrogen-bond acceptors (Lipinski definition) is 4. The molecule has 3 N–H and O–H groups in total. The number of nitrogens with two attached hydrogens (primary N) is 1. The maximum absolute atomic E-state index is 8.82. The summed E-state index contributed by atoms with van der Waals surface area (Å²) >= 11 is 0. The molecule has 4 nitrogen and oxygen atoms in total. The molecule has 2 rings (SSSR count). The first-order chi connectivity index (χ1) is 9.63. The minimum atomic E-state index is 0.277. The molecule has 0 aliphatic carbocycles. The van der Waals surface area contributed by atoms with Crippen LogP contribution in [-0.2, 0) is 0 Å². The normalized spacial score (nSPS) is 10.9. The largest absolute Gasteiger partial charge is 0.398 e. The Labute approximate surface area is 120 Å². The summed E-state index contributed by atoms with van der Waals surface area (Å²) < 4.78 is 0. The third-order valence-corrected chi connectivity index (χ3v) is 3.61. The highest BCUT2D eigenvalue weighted by Crippen LogP contribution is 2.30. The van der Waals surface area contributed by atoms with Crippen molar-refractivity contribution in [1.29, 1.82) is 0 Å². The van der Waals surface area contributed by atoms with Crippen LogP contribution in [0.2, 0.25) is 0 Å². The molecular formula is C16H23N3O. The number of aliphatic hydroxyl groups is 1. The van der Waals surface area contributed by atoms with E-state index in [9.17, 15) is 0 Å². The van der Waals surface area contributed by atoms with E-state index in [1.165, 1.54) is 5.69 Å². The number of nitrogens with zero attached hydrogens (tertiary/aromatic N) is 2. The van der Waals surface area contributed by atoms with Gasteiger partial charge < -0.3 is 15.7 Å². The molecule has 0 saturated carbocycles. The van der Waals surface area contributed by atoms with Gasteiger partial charge in [-0.2, -0.15) is 0 Å². The smallest absolute Gasteiger partial charge is 0.0446 e. The first-order valence-electron chi connectivity index (χ1n) is 7.10. The number of aliphatic hydroxyl groups excluding tert-OH is 1. The summed E-state index contributed by atoms with van der Waals surface area (Å²) in [7, 11) is 2.10. The van der Waals surface area contributed by atoms with E-state index >= 15 is 0 Å². The minimum absolute atomic E-state index is 0.277. The molecule has 1 heterocycles. The Morgan fingerprint density at radius 1 is 1.20 bits per heavy atom. The Bertz CT molecular complexity index is 583. The van der Waals surface area contributed by atoms with Crippen molar-refractivity contribution in [2.24, 2.45) is 0 Å². The molecule has 4 heteroatoms. The zero-order valence-electron chi connectivity index (χ0n) is 12.3. The molecule has 0 atom stereocenters. The lowest BCUT2D eigenvalue weighted by Crippen LogP contribution is -2.19. The molecule has 0 amide bonds. The van der Waals surface area contributed by atoms with Crippen LogP contribution < -0.4 is 10.6 Å². The van der Waals surface area contributed by atoms with Gasteiger partial charge in [0.2, 0.25) is 0 Å². The Morgan fingerprint density at radius 2 is 2.00 bits per heavy atom. The zero-order valence-corrected chi connectivity index (χ0v) is 12.3. The number of benzene rings is 1. The SMILES string of the molecule is Cc1cc2c(N(C)CCCCCO)ccc(N)c2cn1. The number of nitrogen functional groups attached to an aromatic ring is 1. The maximum atomic E-state index is 8.82. The molecular weight excluding hydrogens is 250 g/mol. The van der Waals surface area contributed by atoms with Crippen LogP contribution in [0.1, 0.15) is 25.0 Å². The molecule has 2 aromatic rings. The summed E-state index contributed by atoms with van der Waals surface area (Å²) in [6.45, 7) is 3.24. The van der Waals surface area contributed by atoms with Crippen LogP contribution >= 0.6 is 0 Å². The second kappa shape index (κ2) is 6.57. The summed E-state index contributed by atoms with van der Waals surface area (Å²) in [5, 5.41) is 11.0. The highest BCUT2D eigenvalue weighted by Gasteiger charge is 2.09. The number of anilines is 2. The van der Waals surface area contributed by atoms with Gasteiger partial charge in [0.05, 0.1) is 0 Å². The lowest BCUT2D eigenvalue weighted by molar-refractivity contribution is 0.283. The summed E-state index contributed by atoms with van der Waals surface area (Å²) in [5.74, 6) is 0. The first-order valence-corrected chi connectivity index (χ1v) is 7.10. The maximum Gasteiger partial charge on any atom is 0.0446 e. The van der Waals surface area contributed by atoms with E-state index < -0.39 is 0 Å². The Morgan fingerprint density at radius 3 is 2.75 bits per heavy atom. The van der Waals surface area contributed by atoms with Gasteiger partial charge in [-0.25, -0.2) is 0 Å². The molecule has 0 aliphatic rings. The van der Waals surface area contributed by atoms with Gasteiger partial charge in [0, 0.05) is 54.2 Å². The van der Waals surface area contributed by atoms with Gasteiger partial charge in [-0.15, -0.1) is 0 Å². The second-order valence-corrected chi connectivity index (χ2v) is 5.25. The number of aromatic nitrogens is 1. The van der Waals surface area contributed by atoms with Crippen LogP contribution in [0.25, 0.3) is 10.8 Å². The fraction of sp³-hybridized carbons (Fsp3) is 0.438. The Balaban J connectivity index is 2.25. The lowest BCUT2D eigenvalue weighted by atomic mass is 10.1. The van der Waals surface area contributed by atoms with Crippen molar-refractivity contribution in [2.45, 2.75) is 26.2 Å². The van der Waals surface area contributed by atoms with E-state index in [1.807, 2.05) is 19.2 Å². The van der Waals surface area contributed by atoms with Crippen LogP contribution in [0.3, 0.4) is 0 Å². The second-order valence-electron chi connectivity index (χ2n) is 5.25. The van der Waals surface area contributed by atoms with E-state index in [2.05, 4.69) is 29.1 Å². The molecule has 0 radical (unpaired) electrons. The molecule has 0 fully saturated rings. The van der Waals surface area contributed by atoms with Crippen LogP contribution in [0, 0.1) is 6.92 Å². The third-order valence-electron chi connectivity index (χ3n) is 3.61. The Kier molecular flexibility index (Phi) is 4.79. The summed E-state index contributed by atoms with van der Waals surface area (Å²) in [6, 6.07) is 6.10. The molecule has 0 saturated heterocycles. The molecule has 1 aromatic heterocycles. The fourth-order valence-corrected chi connectivity index (χ4v) is 2.44.